The van der Waals surface area contributed by atoms with E-state index in [0.717, 1.165) is 25.4 Å². The molecule has 0 saturated heterocycles. The van der Waals surface area contributed by atoms with Crippen LogP contribution in [-0.4, -0.2) is 6.61 Å². The van der Waals surface area contributed by atoms with Crippen molar-refractivity contribution in [3.05, 3.63) is 65.2 Å². The first-order chi connectivity index (χ1) is 11.4. The molecule has 0 spiro atoms. The summed E-state index contributed by atoms with van der Waals surface area (Å²) in [7, 11) is 0. The highest BCUT2D eigenvalue weighted by Crippen LogP contribution is 2.22. The van der Waals surface area contributed by atoms with Crippen LogP contribution in [-0.2, 0) is 18.5 Å². The first-order valence-corrected chi connectivity index (χ1v) is 8.87. The molecule has 0 aliphatic carbocycles. The summed E-state index contributed by atoms with van der Waals surface area (Å²) in [6.07, 6.45) is 0. The van der Waals surface area contributed by atoms with Crippen molar-refractivity contribution in [3.8, 4) is 5.75 Å². The lowest BCUT2D eigenvalue weighted by molar-refractivity contribution is 0.268. The number of ether oxygens (including phenoxy) is 1. The molecule has 0 amide bonds. The molecule has 0 aliphatic rings. The third-order valence-corrected chi connectivity index (χ3v) is 4.01. The molecule has 2 nitrogen and oxygen atoms in total. The highest BCUT2D eigenvalue weighted by Gasteiger charge is 2.12. The summed E-state index contributed by atoms with van der Waals surface area (Å²) >= 11 is 0. The van der Waals surface area contributed by atoms with E-state index >= 15 is 0 Å². The van der Waals surface area contributed by atoms with E-state index in [1.54, 1.807) is 0 Å². The Balaban J connectivity index is 1.90. The maximum Gasteiger partial charge on any atom is 0.123 e. The molecule has 24 heavy (non-hydrogen) atoms. The van der Waals surface area contributed by atoms with Gasteiger partial charge in [0, 0.05) is 18.7 Å². The van der Waals surface area contributed by atoms with E-state index in [4.69, 9.17) is 4.74 Å². The molecule has 0 radical (unpaired) electrons. The zero-order chi connectivity index (χ0) is 17.6. The fourth-order valence-corrected chi connectivity index (χ4v) is 2.51. The third-order valence-electron chi connectivity index (χ3n) is 4.01. The Morgan fingerprint density at radius 1 is 0.917 bits per heavy atom. The summed E-state index contributed by atoms with van der Waals surface area (Å²) in [4.78, 5) is 0. The van der Waals surface area contributed by atoms with Gasteiger partial charge in [0.2, 0.25) is 0 Å². The lowest BCUT2D eigenvalue weighted by atomic mass is 9.87. The highest BCUT2D eigenvalue weighted by atomic mass is 16.5. The van der Waals surface area contributed by atoms with Crippen LogP contribution < -0.4 is 10.1 Å². The predicted octanol–water partition coefficient (Wildman–Crippen LogP) is 5.31. The van der Waals surface area contributed by atoms with Crippen LogP contribution in [0.4, 0.5) is 0 Å². The molecule has 0 heterocycles. The minimum Gasteiger partial charge on any atom is -0.493 e. The minimum absolute atomic E-state index is 0.207. The van der Waals surface area contributed by atoms with Crippen LogP contribution in [0.2, 0.25) is 0 Å². The maximum atomic E-state index is 5.91. The van der Waals surface area contributed by atoms with Gasteiger partial charge in [0.1, 0.15) is 5.75 Å². The molecule has 0 saturated carbocycles. The van der Waals surface area contributed by atoms with Gasteiger partial charge in [0.15, 0.2) is 0 Å². The molecular formula is C22H31NO. The van der Waals surface area contributed by atoms with Gasteiger partial charge in [-0.05, 0) is 28.5 Å². The summed E-state index contributed by atoms with van der Waals surface area (Å²) in [5.41, 5.74) is 4.10. The number of hydrogen-bond donors (Lipinski definition) is 1. The van der Waals surface area contributed by atoms with Gasteiger partial charge < -0.3 is 10.1 Å². The fraction of sp³-hybridized carbons (Fsp3) is 0.455. The van der Waals surface area contributed by atoms with Gasteiger partial charge in [-0.25, -0.2) is 0 Å². The fourth-order valence-electron chi connectivity index (χ4n) is 2.51. The number of hydrogen-bond acceptors (Lipinski definition) is 2. The molecule has 0 atom stereocenters. The van der Waals surface area contributed by atoms with Gasteiger partial charge in [0.05, 0.1) is 6.61 Å². The van der Waals surface area contributed by atoms with Crippen molar-refractivity contribution in [2.45, 2.75) is 53.1 Å². The van der Waals surface area contributed by atoms with Crippen molar-refractivity contribution in [3.63, 3.8) is 0 Å². The Hall–Kier alpha value is -1.80. The van der Waals surface area contributed by atoms with Crippen molar-refractivity contribution < 1.29 is 4.74 Å². The lowest BCUT2D eigenvalue weighted by Crippen LogP contribution is -2.15. The van der Waals surface area contributed by atoms with E-state index in [9.17, 15) is 0 Å². The summed E-state index contributed by atoms with van der Waals surface area (Å²) in [5, 5.41) is 3.52. The van der Waals surface area contributed by atoms with Crippen molar-refractivity contribution in [1.29, 1.82) is 0 Å². The number of nitrogens with one attached hydrogen (secondary N) is 1. The maximum absolute atomic E-state index is 5.91. The normalized spacial score (nSPS) is 11.8. The Morgan fingerprint density at radius 3 is 2.21 bits per heavy atom. The van der Waals surface area contributed by atoms with Gasteiger partial charge >= 0.3 is 0 Å². The van der Waals surface area contributed by atoms with Crippen LogP contribution in [0.1, 0.15) is 51.3 Å². The average Bonchev–Trinajstić information content (AvgIpc) is 2.53. The van der Waals surface area contributed by atoms with E-state index in [2.05, 4.69) is 82.4 Å². The second-order valence-corrected chi connectivity index (χ2v) is 7.86. The van der Waals surface area contributed by atoms with Gasteiger partial charge in [0.25, 0.3) is 0 Å². The lowest BCUT2D eigenvalue weighted by Gasteiger charge is -2.19. The zero-order valence-corrected chi connectivity index (χ0v) is 15.7. The predicted molar refractivity (Wildman–Crippen MR) is 102 cm³/mol. The standard InChI is InChI=1S/C22H31NO/c1-17(2)16-24-21-9-7-6-8-19(21)15-23-14-18-10-12-20(13-11-18)22(3,4)5/h6-13,17,23H,14-16H2,1-5H3. The molecule has 0 bridgehead atoms. The van der Waals surface area contributed by atoms with Gasteiger partial charge in [-0.15, -0.1) is 0 Å². The van der Waals surface area contributed by atoms with Crippen molar-refractivity contribution >= 4 is 0 Å². The summed E-state index contributed by atoms with van der Waals surface area (Å²) in [6.45, 7) is 13.5. The average molecular weight is 325 g/mol. The Morgan fingerprint density at radius 2 is 1.58 bits per heavy atom. The monoisotopic (exact) mass is 325 g/mol. The van der Waals surface area contributed by atoms with Crippen LogP contribution in [0.3, 0.4) is 0 Å². The van der Waals surface area contributed by atoms with E-state index in [1.807, 2.05) is 6.07 Å². The second kappa shape index (κ2) is 8.34. The van der Waals surface area contributed by atoms with Crippen LogP contribution in [0.15, 0.2) is 48.5 Å². The molecule has 1 N–H and O–H groups in total. The number of benzene rings is 2. The molecule has 0 fully saturated rings. The van der Waals surface area contributed by atoms with Crippen molar-refractivity contribution in [2.75, 3.05) is 6.61 Å². The molecule has 2 heteroatoms. The first kappa shape index (κ1) is 18.5. The van der Waals surface area contributed by atoms with Gasteiger partial charge in [-0.1, -0.05) is 77.1 Å². The smallest absolute Gasteiger partial charge is 0.123 e. The SMILES string of the molecule is CC(C)COc1ccccc1CNCc1ccc(C(C)(C)C)cc1. The largest absolute Gasteiger partial charge is 0.493 e. The topological polar surface area (TPSA) is 21.3 Å². The molecule has 2 aromatic rings. The van der Waals surface area contributed by atoms with Crippen molar-refractivity contribution in [1.82, 2.24) is 5.32 Å². The Labute approximate surface area is 147 Å². The summed E-state index contributed by atoms with van der Waals surface area (Å²) < 4.78 is 5.91. The quantitative estimate of drug-likeness (QED) is 0.745. The van der Waals surface area contributed by atoms with E-state index < -0.39 is 0 Å². The summed E-state index contributed by atoms with van der Waals surface area (Å²) in [5.74, 6) is 1.52. The van der Waals surface area contributed by atoms with E-state index in [-0.39, 0.29) is 5.41 Å². The molecule has 0 unspecified atom stereocenters. The summed E-state index contributed by atoms with van der Waals surface area (Å²) in [6, 6.07) is 17.2. The second-order valence-electron chi connectivity index (χ2n) is 7.86. The third kappa shape index (κ3) is 5.68. The van der Waals surface area contributed by atoms with Crippen LogP contribution in [0, 0.1) is 5.92 Å². The first-order valence-electron chi connectivity index (χ1n) is 8.87. The van der Waals surface area contributed by atoms with Crippen LogP contribution >= 0.6 is 0 Å². The molecular weight excluding hydrogens is 294 g/mol. The molecule has 2 aromatic carbocycles. The molecule has 0 aromatic heterocycles. The highest BCUT2D eigenvalue weighted by molar-refractivity contribution is 5.33. The molecule has 2 rings (SSSR count). The van der Waals surface area contributed by atoms with Crippen molar-refractivity contribution in [2.24, 2.45) is 5.92 Å². The van der Waals surface area contributed by atoms with E-state index in [1.165, 1.54) is 16.7 Å². The zero-order valence-electron chi connectivity index (χ0n) is 15.7. The molecule has 130 valence electrons. The number of para-hydroxylation sites is 1. The van der Waals surface area contributed by atoms with Crippen LogP contribution in [0.5, 0.6) is 5.75 Å². The van der Waals surface area contributed by atoms with E-state index in [0.29, 0.717) is 5.92 Å². The molecule has 0 aliphatic heterocycles. The Kier molecular flexibility index (Phi) is 6.44. The minimum atomic E-state index is 0.207. The van der Waals surface area contributed by atoms with Crippen LogP contribution in [0.25, 0.3) is 0 Å². The van der Waals surface area contributed by atoms with Gasteiger partial charge in [-0.3, -0.25) is 0 Å². The van der Waals surface area contributed by atoms with Gasteiger partial charge in [-0.2, -0.15) is 0 Å². The Bertz CT molecular complexity index is 623. The number of rotatable bonds is 7.